The van der Waals surface area contributed by atoms with Crippen molar-refractivity contribution >= 4 is 28.8 Å². The highest BCUT2D eigenvalue weighted by Gasteiger charge is 2.29. The summed E-state index contributed by atoms with van der Waals surface area (Å²) < 4.78 is 7.93. The molecule has 5 rings (SSSR count). The van der Waals surface area contributed by atoms with Gasteiger partial charge in [-0.1, -0.05) is 35.9 Å². The number of halogens is 1. The standard InChI is InChI=1S/C24H22ClN3O2S/c1-15-21-20(30-23(15)24(29)26-11-10-18-6-4-12-31-18)9-8-17-14-28(27-22(17)21)13-16-5-2-3-7-19(16)25/h2-7,12,14H,8-11,13H2,1H3,(H,26,29). The van der Waals surface area contributed by atoms with Crippen LogP contribution in [-0.2, 0) is 25.8 Å². The number of thiophene rings is 1. The number of amides is 1. The zero-order chi connectivity index (χ0) is 21.4. The number of hydrogen-bond acceptors (Lipinski definition) is 4. The lowest BCUT2D eigenvalue weighted by atomic mass is 9.93. The van der Waals surface area contributed by atoms with E-state index in [2.05, 4.69) is 17.6 Å². The average molecular weight is 452 g/mol. The molecule has 1 aliphatic carbocycles. The zero-order valence-electron chi connectivity index (χ0n) is 17.2. The summed E-state index contributed by atoms with van der Waals surface area (Å²) in [5, 5.41) is 10.6. The van der Waals surface area contributed by atoms with Crippen LogP contribution in [0.2, 0.25) is 5.02 Å². The quantitative estimate of drug-likeness (QED) is 0.433. The number of benzene rings is 1. The summed E-state index contributed by atoms with van der Waals surface area (Å²) in [7, 11) is 0. The first-order chi connectivity index (χ1) is 15.1. The van der Waals surface area contributed by atoms with Crippen molar-refractivity contribution in [2.75, 3.05) is 6.54 Å². The molecule has 3 aromatic heterocycles. The number of carbonyl (C=O) groups excluding carboxylic acids is 1. The highest BCUT2D eigenvalue weighted by atomic mass is 35.5. The van der Waals surface area contributed by atoms with E-state index in [0.717, 1.165) is 52.4 Å². The van der Waals surface area contributed by atoms with Crippen molar-refractivity contribution in [1.29, 1.82) is 0 Å². The second-order valence-corrected chi connectivity index (χ2v) is 9.17. The first-order valence-electron chi connectivity index (χ1n) is 10.3. The number of carbonyl (C=O) groups is 1. The Morgan fingerprint density at radius 3 is 2.94 bits per heavy atom. The van der Waals surface area contributed by atoms with Gasteiger partial charge < -0.3 is 9.73 Å². The van der Waals surface area contributed by atoms with Crippen LogP contribution in [0.25, 0.3) is 11.3 Å². The first kappa shape index (κ1) is 20.1. The van der Waals surface area contributed by atoms with Crippen molar-refractivity contribution in [3.8, 4) is 11.3 Å². The van der Waals surface area contributed by atoms with Crippen molar-refractivity contribution in [2.45, 2.75) is 32.7 Å². The zero-order valence-corrected chi connectivity index (χ0v) is 18.7. The predicted molar refractivity (Wildman–Crippen MR) is 123 cm³/mol. The molecule has 7 heteroatoms. The van der Waals surface area contributed by atoms with Crippen LogP contribution in [0.5, 0.6) is 0 Å². The largest absolute Gasteiger partial charge is 0.455 e. The van der Waals surface area contributed by atoms with Crippen molar-refractivity contribution in [3.63, 3.8) is 0 Å². The van der Waals surface area contributed by atoms with Gasteiger partial charge in [-0.05, 0) is 48.4 Å². The molecule has 0 atom stereocenters. The van der Waals surface area contributed by atoms with Crippen LogP contribution < -0.4 is 5.32 Å². The molecule has 1 amide bonds. The molecule has 0 spiro atoms. The molecule has 1 N–H and O–H groups in total. The van der Waals surface area contributed by atoms with E-state index >= 15 is 0 Å². The molecule has 1 aromatic carbocycles. The van der Waals surface area contributed by atoms with Crippen LogP contribution in [0.1, 0.15) is 37.9 Å². The third-order valence-electron chi connectivity index (χ3n) is 5.65. The summed E-state index contributed by atoms with van der Waals surface area (Å²) in [6, 6.07) is 11.9. The van der Waals surface area contributed by atoms with Crippen molar-refractivity contribution in [2.24, 2.45) is 0 Å². The van der Waals surface area contributed by atoms with Gasteiger partial charge in [0.2, 0.25) is 0 Å². The van der Waals surface area contributed by atoms with Crippen LogP contribution in [-0.4, -0.2) is 22.2 Å². The summed E-state index contributed by atoms with van der Waals surface area (Å²) in [6.45, 7) is 3.13. The normalized spacial score (nSPS) is 12.5. The van der Waals surface area contributed by atoms with Crippen molar-refractivity contribution in [1.82, 2.24) is 15.1 Å². The number of furan rings is 1. The minimum absolute atomic E-state index is 0.166. The molecule has 0 aliphatic heterocycles. The van der Waals surface area contributed by atoms with E-state index in [1.165, 1.54) is 10.4 Å². The average Bonchev–Trinajstić information content (AvgIpc) is 3.48. The lowest BCUT2D eigenvalue weighted by Gasteiger charge is -2.09. The fourth-order valence-electron chi connectivity index (χ4n) is 4.10. The number of rotatable bonds is 6. The molecule has 4 aromatic rings. The minimum Gasteiger partial charge on any atom is -0.455 e. The van der Waals surface area contributed by atoms with Gasteiger partial charge in [0, 0.05) is 40.2 Å². The Bertz CT molecular complexity index is 1240. The summed E-state index contributed by atoms with van der Waals surface area (Å²) in [5.74, 6) is 1.07. The van der Waals surface area contributed by atoms with Crippen molar-refractivity contribution < 1.29 is 9.21 Å². The third kappa shape index (κ3) is 3.93. The van der Waals surface area contributed by atoms with Crippen LogP contribution in [0.15, 0.2) is 52.4 Å². The second-order valence-electron chi connectivity index (χ2n) is 7.73. The molecule has 31 heavy (non-hydrogen) atoms. The van der Waals surface area contributed by atoms with Gasteiger partial charge in [0.05, 0.1) is 12.2 Å². The van der Waals surface area contributed by atoms with Crippen LogP contribution >= 0.6 is 22.9 Å². The topological polar surface area (TPSA) is 60.1 Å². The number of fused-ring (bicyclic) bond motifs is 3. The lowest BCUT2D eigenvalue weighted by Crippen LogP contribution is -2.25. The molecule has 158 valence electrons. The minimum atomic E-state index is -0.166. The highest BCUT2D eigenvalue weighted by Crippen LogP contribution is 2.38. The van der Waals surface area contributed by atoms with Gasteiger partial charge in [0.25, 0.3) is 5.91 Å². The van der Waals surface area contributed by atoms with E-state index in [1.807, 2.05) is 47.3 Å². The van der Waals surface area contributed by atoms with Gasteiger partial charge in [-0.25, -0.2) is 0 Å². The lowest BCUT2D eigenvalue weighted by molar-refractivity contribution is 0.0924. The number of hydrogen-bond donors (Lipinski definition) is 1. The number of nitrogens with one attached hydrogen (secondary N) is 1. The molecule has 0 fully saturated rings. The van der Waals surface area contributed by atoms with Crippen LogP contribution in [0.4, 0.5) is 0 Å². The monoisotopic (exact) mass is 451 g/mol. The fraction of sp³-hybridized carbons (Fsp3) is 0.250. The molecule has 1 aliphatic rings. The predicted octanol–water partition coefficient (Wildman–Crippen LogP) is 5.29. The number of aromatic nitrogens is 2. The van der Waals surface area contributed by atoms with Crippen LogP contribution in [0.3, 0.4) is 0 Å². The second kappa shape index (κ2) is 8.36. The number of nitrogens with zero attached hydrogens (tertiary/aromatic N) is 2. The molecule has 0 saturated heterocycles. The van der Waals surface area contributed by atoms with Gasteiger partial charge in [-0.3, -0.25) is 9.48 Å². The number of aryl methyl sites for hydroxylation is 2. The molecule has 0 bridgehead atoms. The Balaban J connectivity index is 1.37. The van der Waals surface area contributed by atoms with E-state index in [-0.39, 0.29) is 5.91 Å². The Morgan fingerprint density at radius 1 is 1.26 bits per heavy atom. The maximum atomic E-state index is 12.8. The van der Waals surface area contributed by atoms with E-state index in [9.17, 15) is 4.79 Å². The fourth-order valence-corrected chi connectivity index (χ4v) is 5.00. The van der Waals surface area contributed by atoms with Gasteiger partial charge >= 0.3 is 0 Å². The molecule has 5 nitrogen and oxygen atoms in total. The Kier molecular flexibility index (Phi) is 5.42. The van der Waals surface area contributed by atoms with Gasteiger partial charge in [-0.2, -0.15) is 5.10 Å². The molecule has 0 unspecified atom stereocenters. The molecular weight excluding hydrogens is 430 g/mol. The summed E-state index contributed by atoms with van der Waals surface area (Å²) in [4.78, 5) is 14.0. The van der Waals surface area contributed by atoms with E-state index in [4.69, 9.17) is 21.1 Å². The Labute approximate surface area is 189 Å². The summed E-state index contributed by atoms with van der Waals surface area (Å²) >= 11 is 8.02. The SMILES string of the molecule is Cc1c(C(=O)NCCc2cccs2)oc2c1-c1nn(Cc3ccccc3Cl)cc1CC2. The maximum absolute atomic E-state index is 12.8. The van der Waals surface area contributed by atoms with Gasteiger partial charge in [0.15, 0.2) is 5.76 Å². The van der Waals surface area contributed by atoms with Gasteiger partial charge in [-0.15, -0.1) is 11.3 Å². The highest BCUT2D eigenvalue weighted by molar-refractivity contribution is 7.09. The van der Waals surface area contributed by atoms with E-state index < -0.39 is 0 Å². The molecule has 0 radical (unpaired) electrons. The molecular formula is C24H22ClN3O2S. The molecule has 3 heterocycles. The van der Waals surface area contributed by atoms with Gasteiger partial charge in [0.1, 0.15) is 5.76 Å². The first-order valence-corrected chi connectivity index (χ1v) is 11.6. The van der Waals surface area contributed by atoms with E-state index in [1.54, 1.807) is 11.3 Å². The third-order valence-corrected chi connectivity index (χ3v) is 6.95. The summed E-state index contributed by atoms with van der Waals surface area (Å²) in [6.07, 6.45) is 4.51. The smallest absolute Gasteiger partial charge is 0.287 e. The Hall–Kier alpha value is -2.83. The van der Waals surface area contributed by atoms with Crippen molar-refractivity contribution in [3.05, 3.63) is 86.1 Å². The molecule has 0 saturated carbocycles. The maximum Gasteiger partial charge on any atom is 0.287 e. The van der Waals surface area contributed by atoms with Crippen LogP contribution in [0, 0.1) is 6.92 Å². The summed E-state index contributed by atoms with van der Waals surface area (Å²) in [5.41, 5.74) is 4.93. The Morgan fingerprint density at radius 2 is 2.13 bits per heavy atom. The van der Waals surface area contributed by atoms with E-state index in [0.29, 0.717) is 18.8 Å².